The molecule has 1 atom stereocenters. The molecule has 118 valence electrons. The average molecular weight is 282 g/mol. The average Bonchev–Trinajstić information content (AvgIpc) is 2.92. The van der Waals surface area contributed by atoms with E-state index >= 15 is 0 Å². The van der Waals surface area contributed by atoms with Crippen LogP contribution in [0.3, 0.4) is 0 Å². The predicted octanol–water partition coefficient (Wildman–Crippen LogP) is 2.59. The van der Waals surface area contributed by atoms with E-state index in [1.54, 1.807) is 0 Å². The summed E-state index contributed by atoms with van der Waals surface area (Å²) in [4.78, 5) is 7.12. The summed E-state index contributed by atoms with van der Waals surface area (Å²) >= 11 is 0. The number of nitrogens with one attached hydrogen (secondary N) is 1. The Hall–Kier alpha value is -0.770. The fraction of sp³-hybridized carbons (Fsp3) is 0.938. The summed E-state index contributed by atoms with van der Waals surface area (Å²) in [5.41, 5.74) is 5.96. The van der Waals surface area contributed by atoms with Crippen LogP contribution in [0, 0.1) is 5.92 Å². The minimum atomic E-state index is 0.540. The van der Waals surface area contributed by atoms with Crippen molar-refractivity contribution in [3.05, 3.63) is 0 Å². The van der Waals surface area contributed by atoms with Gasteiger partial charge in [-0.2, -0.15) is 0 Å². The number of guanidine groups is 1. The molecular formula is C16H34N4. The summed E-state index contributed by atoms with van der Waals surface area (Å²) in [6, 6.07) is 0.540. The van der Waals surface area contributed by atoms with E-state index in [1.807, 2.05) is 0 Å². The lowest BCUT2D eigenvalue weighted by molar-refractivity contribution is 0.197. The van der Waals surface area contributed by atoms with Crippen molar-refractivity contribution in [3.8, 4) is 0 Å². The quantitative estimate of drug-likeness (QED) is 0.388. The van der Waals surface area contributed by atoms with Crippen LogP contribution >= 0.6 is 0 Å². The van der Waals surface area contributed by atoms with Crippen molar-refractivity contribution < 1.29 is 0 Å². The molecule has 1 heterocycles. The van der Waals surface area contributed by atoms with E-state index in [-0.39, 0.29) is 0 Å². The molecule has 1 unspecified atom stereocenters. The Morgan fingerprint density at radius 2 is 1.90 bits per heavy atom. The van der Waals surface area contributed by atoms with Gasteiger partial charge in [-0.15, -0.1) is 0 Å². The molecule has 1 fully saturated rings. The molecule has 0 bridgehead atoms. The molecule has 0 saturated carbocycles. The molecule has 0 amide bonds. The molecule has 0 aromatic heterocycles. The van der Waals surface area contributed by atoms with Crippen LogP contribution in [-0.2, 0) is 0 Å². The van der Waals surface area contributed by atoms with E-state index in [4.69, 9.17) is 5.73 Å². The van der Waals surface area contributed by atoms with Gasteiger partial charge in [-0.3, -0.25) is 9.89 Å². The highest BCUT2D eigenvalue weighted by molar-refractivity contribution is 5.77. The van der Waals surface area contributed by atoms with Crippen LogP contribution < -0.4 is 11.1 Å². The number of likely N-dealkylation sites (tertiary alicyclic amines) is 1. The van der Waals surface area contributed by atoms with Crippen LogP contribution in [0.4, 0.5) is 0 Å². The lowest BCUT2D eigenvalue weighted by Crippen LogP contribution is -2.41. The van der Waals surface area contributed by atoms with Gasteiger partial charge in [0.2, 0.25) is 0 Å². The van der Waals surface area contributed by atoms with E-state index in [9.17, 15) is 0 Å². The van der Waals surface area contributed by atoms with Crippen LogP contribution in [0.25, 0.3) is 0 Å². The largest absolute Gasteiger partial charge is 0.370 e. The predicted molar refractivity (Wildman–Crippen MR) is 88.1 cm³/mol. The highest BCUT2D eigenvalue weighted by atomic mass is 15.2. The monoisotopic (exact) mass is 282 g/mol. The van der Waals surface area contributed by atoms with Crippen molar-refractivity contribution in [1.82, 2.24) is 10.2 Å². The van der Waals surface area contributed by atoms with E-state index in [0.717, 1.165) is 13.1 Å². The van der Waals surface area contributed by atoms with Gasteiger partial charge in [-0.05, 0) is 38.3 Å². The van der Waals surface area contributed by atoms with Gasteiger partial charge in [0, 0.05) is 12.6 Å². The third-order valence-corrected chi connectivity index (χ3v) is 4.16. The van der Waals surface area contributed by atoms with Crippen molar-refractivity contribution in [1.29, 1.82) is 0 Å². The number of hydrogen-bond acceptors (Lipinski definition) is 2. The Balaban J connectivity index is 2.27. The van der Waals surface area contributed by atoms with Crippen molar-refractivity contribution in [2.75, 3.05) is 26.2 Å². The van der Waals surface area contributed by atoms with Crippen LogP contribution in [0.1, 0.15) is 59.3 Å². The van der Waals surface area contributed by atoms with Crippen LogP contribution in [0.2, 0.25) is 0 Å². The molecule has 0 spiro atoms. The molecule has 0 aromatic carbocycles. The third-order valence-electron chi connectivity index (χ3n) is 4.16. The van der Waals surface area contributed by atoms with Crippen molar-refractivity contribution in [2.24, 2.45) is 16.6 Å². The molecule has 0 aliphatic carbocycles. The summed E-state index contributed by atoms with van der Waals surface area (Å²) in [5, 5.41) is 3.24. The second-order valence-corrected chi connectivity index (χ2v) is 6.27. The zero-order chi connectivity index (χ0) is 14.8. The summed E-state index contributed by atoms with van der Waals surface area (Å²) in [5.74, 6) is 1.25. The van der Waals surface area contributed by atoms with Gasteiger partial charge < -0.3 is 11.1 Å². The number of nitrogens with two attached hydrogens (primary N) is 1. The number of nitrogens with zero attached hydrogens (tertiary/aromatic N) is 2. The second kappa shape index (κ2) is 10.0. The van der Waals surface area contributed by atoms with Gasteiger partial charge in [-0.25, -0.2) is 0 Å². The fourth-order valence-electron chi connectivity index (χ4n) is 2.84. The molecule has 3 N–H and O–H groups in total. The molecule has 1 saturated heterocycles. The Kier molecular flexibility index (Phi) is 8.67. The molecule has 1 aliphatic rings. The lowest BCUT2D eigenvalue weighted by Gasteiger charge is -2.29. The van der Waals surface area contributed by atoms with Gasteiger partial charge in [0.15, 0.2) is 5.96 Å². The maximum Gasteiger partial charge on any atom is 0.188 e. The maximum atomic E-state index is 5.96. The molecule has 1 aliphatic heterocycles. The minimum Gasteiger partial charge on any atom is -0.370 e. The van der Waals surface area contributed by atoms with Gasteiger partial charge in [0.05, 0.1) is 6.54 Å². The Labute approximate surface area is 125 Å². The molecule has 4 nitrogen and oxygen atoms in total. The Morgan fingerprint density at radius 3 is 2.50 bits per heavy atom. The summed E-state index contributed by atoms with van der Waals surface area (Å²) < 4.78 is 0. The molecule has 1 rings (SSSR count). The second-order valence-electron chi connectivity index (χ2n) is 6.27. The third kappa shape index (κ3) is 6.60. The summed E-state index contributed by atoms with van der Waals surface area (Å²) in [6.45, 7) is 11.0. The highest BCUT2D eigenvalue weighted by Crippen LogP contribution is 2.17. The number of rotatable bonds is 9. The van der Waals surface area contributed by atoms with Gasteiger partial charge in [-0.1, -0.05) is 40.0 Å². The summed E-state index contributed by atoms with van der Waals surface area (Å²) in [7, 11) is 0. The molecule has 0 radical (unpaired) electrons. The van der Waals surface area contributed by atoms with Crippen LogP contribution in [0.5, 0.6) is 0 Å². The van der Waals surface area contributed by atoms with Gasteiger partial charge in [0.1, 0.15) is 0 Å². The maximum absolute atomic E-state index is 5.96. The van der Waals surface area contributed by atoms with Gasteiger partial charge in [0.25, 0.3) is 0 Å². The smallest absolute Gasteiger partial charge is 0.188 e. The van der Waals surface area contributed by atoms with Crippen molar-refractivity contribution in [2.45, 2.75) is 65.3 Å². The summed E-state index contributed by atoms with van der Waals surface area (Å²) in [6.07, 6.45) is 7.71. The molecule has 20 heavy (non-hydrogen) atoms. The van der Waals surface area contributed by atoms with E-state index in [1.165, 1.54) is 51.6 Å². The molecule has 0 aromatic rings. The van der Waals surface area contributed by atoms with Crippen molar-refractivity contribution in [3.63, 3.8) is 0 Å². The molecular weight excluding hydrogens is 248 g/mol. The van der Waals surface area contributed by atoms with E-state index in [0.29, 0.717) is 17.9 Å². The number of hydrogen-bond donors (Lipinski definition) is 2. The zero-order valence-corrected chi connectivity index (χ0v) is 13.7. The first-order chi connectivity index (χ1) is 9.65. The van der Waals surface area contributed by atoms with Crippen LogP contribution in [0.15, 0.2) is 4.99 Å². The molecule has 4 heteroatoms. The Morgan fingerprint density at radius 1 is 1.20 bits per heavy atom. The van der Waals surface area contributed by atoms with Crippen LogP contribution in [-0.4, -0.2) is 43.1 Å². The SMILES string of the molecule is CCCCCCNC(N)=NCC(C(C)C)N1CCCC1. The van der Waals surface area contributed by atoms with Gasteiger partial charge >= 0.3 is 0 Å². The number of unbranched alkanes of at least 4 members (excludes halogenated alkanes) is 3. The van der Waals surface area contributed by atoms with Crippen molar-refractivity contribution >= 4 is 5.96 Å². The standard InChI is InChI=1S/C16H34N4/c1-4-5-6-7-10-18-16(17)19-13-15(14(2)3)20-11-8-9-12-20/h14-15H,4-13H2,1-3H3,(H3,17,18,19). The fourth-order valence-corrected chi connectivity index (χ4v) is 2.84. The first kappa shape index (κ1) is 17.3. The normalized spacial score (nSPS) is 18.7. The van der Waals surface area contributed by atoms with E-state index < -0.39 is 0 Å². The zero-order valence-electron chi connectivity index (χ0n) is 13.7. The minimum absolute atomic E-state index is 0.540. The highest BCUT2D eigenvalue weighted by Gasteiger charge is 2.24. The topological polar surface area (TPSA) is 53.6 Å². The number of aliphatic imine (C=N–C) groups is 1. The first-order valence-electron chi connectivity index (χ1n) is 8.43. The van der Waals surface area contributed by atoms with E-state index in [2.05, 4.69) is 36.0 Å². The lowest BCUT2D eigenvalue weighted by atomic mass is 10.0. The Bertz CT molecular complexity index is 270. The first-order valence-corrected chi connectivity index (χ1v) is 8.43.